The van der Waals surface area contributed by atoms with Crippen molar-refractivity contribution in [2.45, 2.75) is 45.1 Å². The number of carbonyl (C=O) groups excluding carboxylic acids is 2. The maximum absolute atomic E-state index is 12.7. The molecule has 3 rings (SSSR count). The number of hydrogen-bond donors (Lipinski definition) is 1. The number of carbonyl (C=O) groups is 2. The third kappa shape index (κ3) is 3.27. The third-order valence-electron chi connectivity index (χ3n) is 4.97. The summed E-state index contributed by atoms with van der Waals surface area (Å²) in [6, 6.07) is 2.58. The van der Waals surface area contributed by atoms with Crippen molar-refractivity contribution >= 4 is 52.2 Å². The number of Topliss-reactive ketones (excluding diaryl/α,β-unsaturated/α-hetero) is 1. The second kappa shape index (κ2) is 7.18. The lowest BCUT2D eigenvalue weighted by Gasteiger charge is -2.35. The first-order valence-electron chi connectivity index (χ1n) is 8.25. The molecule has 1 aliphatic heterocycles. The van der Waals surface area contributed by atoms with Crippen molar-refractivity contribution < 1.29 is 14.7 Å². The Morgan fingerprint density at radius 2 is 1.68 bits per heavy atom. The highest BCUT2D eigenvalue weighted by Crippen LogP contribution is 2.43. The van der Waals surface area contributed by atoms with Gasteiger partial charge in [-0.05, 0) is 37.8 Å². The van der Waals surface area contributed by atoms with Gasteiger partial charge in [-0.1, -0.05) is 54.1 Å². The molecule has 0 spiro atoms. The lowest BCUT2D eigenvalue weighted by molar-refractivity contribution is -0.117. The van der Waals surface area contributed by atoms with Gasteiger partial charge in [0.1, 0.15) is 0 Å². The number of hydrogen-bond acceptors (Lipinski definition) is 3. The molecule has 1 atom stereocenters. The van der Waals surface area contributed by atoms with E-state index in [-0.39, 0.29) is 32.3 Å². The van der Waals surface area contributed by atoms with E-state index < -0.39 is 17.7 Å². The Hall–Kier alpha value is -1.23. The second-order valence-electron chi connectivity index (χ2n) is 6.56. The van der Waals surface area contributed by atoms with E-state index in [1.807, 2.05) is 0 Å². The van der Waals surface area contributed by atoms with Crippen molar-refractivity contribution in [2.24, 2.45) is 5.92 Å². The first-order chi connectivity index (χ1) is 11.8. The van der Waals surface area contributed by atoms with Crippen LogP contribution in [0.3, 0.4) is 0 Å². The molecule has 25 heavy (non-hydrogen) atoms. The van der Waals surface area contributed by atoms with Crippen molar-refractivity contribution in [2.75, 3.05) is 4.90 Å². The van der Waals surface area contributed by atoms with Crippen LogP contribution >= 0.6 is 34.8 Å². The van der Waals surface area contributed by atoms with Crippen molar-refractivity contribution in [3.05, 3.63) is 38.5 Å². The average molecular weight is 403 g/mol. The average Bonchev–Trinajstić information content (AvgIpc) is 2.85. The van der Waals surface area contributed by atoms with Gasteiger partial charge in [-0.2, -0.15) is 0 Å². The van der Waals surface area contributed by atoms with Crippen LogP contribution in [0.1, 0.15) is 39.0 Å². The molecule has 2 aliphatic rings. The maximum Gasteiger partial charge on any atom is 0.294 e. The fourth-order valence-corrected chi connectivity index (χ4v) is 4.44. The van der Waals surface area contributed by atoms with E-state index >= 15 is 0 Å². The Kier molecular flexibility index (Phi) is 5.33. The Morgan fingerprint density at radius 1 is 1.12 bits per heavy atom. The third-order valence-corrected chi connectivity index (χ3v) is 6.17. The molecule has 1 fully saturated rings. The van der Waals surface area contributed by atoms with Gasteiger partial charge in [-0.15, -0.1) is 0 Å². The van der Waals surface area contributed by atoms with Gasteiger partial charge < -0.3 is 5.11 Å². The number of amides is 1. The quantitative estimate of drug-likeness (QED) is 0.694. The Labute approximate surface area is 161 Å². The molecule has 0 aromatic heterocycles. The minimum atomic E-state index is -0.602. The SMILES string of the molecule is CC(=O)C1=C(O)C(=O)N(c2cc(Cl)c(Cl)c(Cl)c2)C1C1CCCCC1. The lowest BCUT2D eigenvalue weighted by atomic mass is 9.80. The number of aliphatic hydroxyl groups excluding tert-OH is 1. The van der Waals surface area contributed by atoms with Gasteiger partial charge in [0.2, 0.25) is 0 Å². The van der Waals surface area contributed by atoms with Gasteiger partial charge >= 0.3 is 0 Å². The number of ketones is 1. The van der Waals surface area contributed by atoms with Gasteiger partial charge in [0.05, 0.1) is 26.7 Å². The van der Waals surface area contributed by atoms with Crippen LogP contribution in [-0.2, 0) is 9.59 Å². The Balaban J connectivity index is 2.10. The molecule has 1 saturated carbocycles. The van der Waals surface area contributed by atoms with E-state index in [1.54, 1.807) is 12.1 Å². The van der Waals surface area contributed by atoms with Crippen LogP contribution in [0.4, 0.5) is 5.69 Å². The van der Waals surface area contributed by atoms with E-state index in [0.29, 0.717) is 5.69 Å². The summed E-state index contributed by atoms with van der Waals surface area (Å²) in [5.74, 6) is -1.27. The monoisotopic (exact) mass is 401 g/mol. The smallest absolute Gasteiger partial charge is 0.294 e. The summed E-state index contributed by atoms with van der Waals surface area (Å²) in [4.78, 5) is 26.3. The van der Waals surface area contributed by atoms with Crippen molar-refractivity contribution in [3.8, 4) is 0 Å². The molecule has 134 valence electrons. The Bertz CT molecular complexity index is 746. The largest absolute Gasteiger partial charge is 0.503 e. The minimum absolute atomic E-state index is 0.106. The molecule has 1 amide bonds. The number of halogens is 3. The number of aliphatic hydroxyl groups is 1. The van der Waals surface area contributed by atoms with Crippen LogP contribution in [0.5, 0.6) is 0 Å². The summed E-state index contributed by atoms with van der Waals surface area (Å²) in [6.45, 7) is 1.37. The molecule has 1 N–H and O–H groups in total. The summed E-state index contributed by atoms with van der Waals surface area (Å²) < 4.78 is 0. The fourth-order valence-electron chi connectivity index (χ4n) is 3.86. The molecule has 1 aromatic rings. The topological polar surface area (TPSA) is 57.6 Å². The van der Waals surface area contributed by atoms with E-state index in [0.717, 1.165) is 32.1 Å². The van der Waals surface area contributed by atoms with Crippen LogP contribution in [0.25, 0.3) is 0 Å². The second-order valence-corrected chi connectivity index (χ2v) is 7.75. The van der Waals surface area contributed by atoms with Crippen molar-refractivity contribution in [1.29, 1.82) is 0 Å². The summed E-state index contributed by atoms with van der Waals surface area (Å²) in [5.41, 5.74) is 0.613. The molecule has 4 nitrogen and oxygen atoms in total. The normalized spacial score (nSPS) is 22.0. The summed E-state index contributed by atoms with van der Waals surface area (Å²) in [6.07, 6.45) is 5.01. The molecular weight excluding hydrogens is 385 g/mol. The first kappa shape index (κ1) is 18.6. The highest BCUT2D eigenvalue weighted by molar-refractivity contribution is 6.48. The fraction of sp³-hybridized carbons (Fsp3) is 0.444. The van der Waals surface area contributed by atoms with E-state index in [2.05, 4.69) is 0 Å². The van der Waals surface area contributed by atoms with Crippen LogP contribution < -0.4 is 4.90 Å². The predicted molar refractivity (Wildman–Crippen MR) is 99.7 cm³/mol. The van der Waals surface area contributed by atoms with E-state index in [9.17, 15) is 14.7 Å². The lowest BCUT2D eigenvalue weighted by Crippen LogP contribution is -2.42. The van der Waals surface area contributed by atoms with Gasteiger partial charge in [0, 0.05) is 5.69 Å². The summed E-state index contributed by atoms with van der Waals surface area (Å²) in [5, 5.41) is 11.0. The van der Waals surface area contributed by atoms with E-state index in [1.165, 1.54) is 11.8 Å². The zero-order valence-corrected chi connectivity index (χ0v) is 16.0. The first-order valence-corrected chi connectivity index (χ1v) is 9.38. The van der Waals surface area contributed by atoms with Crippen LogP contribution in [0.2, 0.25) is 15.1 Å². The van der Waals surface area contributed by atoms with Crippen LogP contribution in [0, 0.1) is 5.92 Å². The standard InChI is InChI=1S/C18H18Cl3NO3/c1-9(23)14-16(10-5-3-2-4-6-10)22(18(25)17(14)24)11-7-12(19)15(21)13(20)8-11/h7-8,10,16,24H,2-6H2,1H3. The highest BCUT2D eigenvalue weighted by atomic mass is 35.5. The molecule has 1 aromatic carbocycles. The molecule has 7 heteroatoms. The maximum atomic E-state index is 12.7. The van der Waals surface area contributed by atoms with Gasteiger partial charge in [-0.3, -0.25) is 14.5 Å². The van der Waals surface area contributed by atoms with Crippen LogP contribution in [0.15, 0.2) is 23.5 Å². The molecule has 0 saturated heterocycles. The van der Waals surface area contributed by atoms with Gasteiger partial charge in [0.15, 0.2) is 11.5 Å². The number of anilines is 1. The summed E-state index contributed by atoms with van der Waals surface area (Å²) >= 11 is 18.2. The van der Waals surface area contributed by atoms with Crippen LogP contribution in [-0.4, -0.2) is 22.8 Å². The summed E-state index contributed by atoms with van der Waals surface area (Å²) in [7, 11) is 0. The molecule has 1 heterocycles. The van der Waals surface area contributed by atoms with Crippen molar-refractivity contribution in [1.82, 2.24) is 0 Å². The Morgan fingerprint density at radius 3 is 2.20 bits per heavy atom. The molecular formula is C18H18Cl3NO3. The molecule has 0 radical (unpaired) electrons. The predicted octanol–water partition coefficient (Wildman–Crippen LogP) is 5.34. The van der Waals surface area contributed by atoms with E-state index in [4.69, 9.17) is 34.8 Å². The zero-order chi connectivity index (χ0) is 18.3. The minimum Gasteiger partial charge on any atom is -0.503 e. The van der Waals surface area contributed by atoms with Crippen molar-refractivity contribution in [3.63, 3.8) is 0 Å². The zero-order valence-electron chi connectivity index (χ0n) is 13.7. The number of benzene rings is 1. The highest BCUT2D eigenvalue weighted by Gasteiger charge is 2.46. The molecule has 1 aliphatic carbocycles. The van der Waals surface area contributed by atoms with Gasteiger partial charge in [-0.25, -0.2) is 0 Å². The molecule has 1 unspecified atom stereocenters. The van der Waals surface area contributed by atoms with Gasteiger partial charge in [0.25, 0.3) is 5.91 Å². The number of nitrogens with zero attached hydrogens (tertiary/aromatic N) is 1. The number of rotatable bonds is 3. The molecule has 0 bridgehead atoms.